The quantitative estimate of drug-likeness (QED) is 0.710. The number of benzene rings is 2. The molecular formula is C24H30N4O. The Morgan fingerprint density at radius 3 is 2.48 bits per heavy atom. The van der Waals surface area contributed by atoms with Gasteiger partial charge in [0.15, 0.2) is 0 Å². The molecule has 3 atom stereocenters. The van der Waals surface area contributed by atoms with Gasteiger partial charge in [-0.3, -0.25) is 10.2 Å². The highest BCUT2D eigenvalue weighted by molar-refractivity contribution is 5.76. The summed E-state index contributed by atoms with van der Waals surface area (Å²) in [7, 11) is 0. The van der Waals surface area contributed by atoms with Crippen LogP contribution >= 0.6 is 0 Å². The first-order valence-electron chi connectivity index (χ1n) is 10.9. The van der Waals surface area contributed by atoms with E-state index in [1.165, 1.54) is 16.7 Å². The highest BCUT2D eigenvalue weighted by Gasteiger charge is 2.40. The van der Waals surface area contributed by atoms with Gasteiger partial charge < -0.3 is 10.2 Å². The van der Waals surface area contributed by atoms with Gasteiger partial charge in [0, 0.05) is 37.5 Å². The third-order valence-electron chi connectivity index (χ3n) is 6.57. The van der Waals surface area contributed by atoms with Crippen LogP contribution in [0.2, 0.25) is 0 Å². The normalized spacial score (nSPS) is 26.8. The number of hydrazine groups is 1. The van der Waals surface area contributed by atoms with Crippen molar-refractivity contribution in [3.05, 3.63) is 60.2 Å². The molecule has 1 saturated carbocycles. The van der Waals surface area contributed by atoms with Crippen LogP contribution in [-0.2, 0) is 4.79 Å². The Balaban J connectivity index is 1.21. The Morgan fingerprint density at radius 1 is 0.966 bits per heavy atom. The lowest BCUT2D eigenvalue weighted by atomic mass is 9.84. The summed E-state index contributed by atoms with van der Waals surface area (Å²) in [5.74, 6) is 0.739. The fraction of sp³-hybridized carbons (Fsp3) is 0.458. The van der Waals surface area contributed by atoms with Crippen LogP contribution in [0.3, 0.4) is 0 Å². The van der Waals surface area contributed by atoms with Crippen LogP contribution in [0.1, 0.15) is 37.3 Å². The second-order valence-electron chi connectivity index (χ2n) is 8.71. The molecule has 2 aromatic rings. The van der Waals surface area contributed by atoms with Gasteiger partial charge in [-0.25, -0.2) is 5.43 Å². The number of hydrogen-bond acceptors (Lipinski definition) is 4. The molecule has 5 rings (SSSR count). The van der Waals surface area contributed by atoms with Gasteiger partial charge in [0.25, 0.3) is 0 Å². The van der Waals surface area contributed by atoms with Gasteiger partial charge in [-0.1, -0.05) is 54.6 Å². The standard InChI is InChI=1S/C24H30N4O/c29-23(25-20-10-11-20)13-15-28-14-12-22-21(16-28)24(27-26-22)19-8-6-18(7-9-19)17-4-2-1-3-5-17/h1-9,20-22,24,26-27H,10-16H2,(H,25,29). The van der Waals surface area contributed by atoms with Crippen LogP contribution < -0.4 is 16.2 Å². The van der Waals surface area contributed by atoms with Gasteiger partial charge in [0.05, 0.1) is 6.04 Å². The monoisotopic (exact) mass is 390 g/mol. The Hall–Kier alpha value is -2.21. The van der Waals surface area contributed by atoms with Crippen molar-refractivity contribution >= 4 is 5.91 Å². The molecule has 2 heterocycles. The van der Waals surface area contributed by atoms with Crippen molar-refractivity contribution in [2.45, 2.75) is 43.8 Å². The largest absolute Gasteiger partial charge is 0.353 e. The first-order chi connectivity index (χ1) is 14.3. The van der Waals surface area contributed by atoms with E-state index in [1.54, 1.807) is 0 Å². The van der Waals surface area contributed by atoms with Crippen LogP contribution in [0, 0.1) is 5.92 Å². The first kappa shape index (κ1) is 18.8. The Bertz CT molecular complexity index is 834. The second kappa shape index (κ2) is 8.27. The molecule has 3 aliphatic rings. The summed E-state index contributed by atoms with van der Waals surface area (Å²) in [5, 5.41) is 3.10. The van der Waals surface area contributed by atoms with Crippen LogP contribution in [0.25, 0.3) is 11.1 Å². The fourth-order valence-electron chi connectivity index (χ4n) is 4.71. The van der Waals surface area contributed by atoms with Crippen molar-refractivity contribution in [3.63, 3.8) is 0 Å². The minimum Gasteiger partial charge on any atom is -0.353 e. The summed E-state index contributed by atoms with van der Waals surface area (Å²) in [4.78, 5) is 14.5. The molecule has 3 unspecified atom stereocenters. The maximum atomic E-state index is 12.0. The van der Waals surface area contributed by atoms with Gasteiger partial charge in [-0.2, -0.15) is 0 Å². The summed E-state index contributed by atoms with van der Waals surface area (Å²) in [6.07, 6.45) is 4.05. The molecule has 5 heteroatoms. The van der Waals surface area contributed by atoms with Crippen molar-refractivity contribution < 1.29 is 4.79 Å². The number of carbonyl (C=O) groups excluding carboxylic acids is 1. The SMILES string of the molecule is O=C(CCN1CCC2NNC(c3ccc(-c4ccccc4)cc3)C2C1)NC1CC1. The van der Waals surface area contributed by atoms with E-state index in [-0.39, 0.29) is 5.91 Å². The second-order valence-corrected chi connectivity index (χ2v) is 8.71. The lowest BCUT2D eigenvalue weighted by Gasteiger charge is -2.36. The van der Waals surface area contributed by atoms with Gasteiger partial charge in [0.1, 0.15) is 0 Å². The topological polar surface area (TPSA) is 56.4 Å². The minimum absolute atomic E-state index is 0.213. The maximum absolute atomic E-state index is 12.0. The maximum Gasteiger partial charge on any atom is 0.221 e. The van der Waals surface area contributed by atoms with E-state index in [4.69, 9.17) is 0 Å². The molecule has 0 radical (unpaired) electrons. The Kier molecular flexibility index (Phi) is 5.36. The van der Waals surface area contributed by atoms with E-state index >= 15 is 0 Å². The molecule has 3 N–H and O–H groups in total. The Morgan fingerprint density at radius 2 is 1.72 bits per heavy atom. The average molecular weight is 391 g/mol. The summed E-state index contributed by atoms with van der Waals surface area (Å²) in [5.41, 5.74) is 10.9. The van der Waals surface area contributed by atoms with Gasteiger partial charge in [-0.05, 0) is 42.5 Å². The third-order valence-corrected chi connectivity index (χ3v) is 6.57. The zero-order chi connectivity index (χ0) is 19.6. The number of likely N-dealkylation sites (tertiary alicyclic amines) is 1. The van der Waals surface area contributed by atoms with Gasteiger partial charge in [-0.15, -0.1) is 0 Å². The number of nitrogens with one attached hydrogen (secondary N) is 3. The zero-order valence-electron chi connectivity index (χ0n) is 16.8. The number of fused-ring (bicyclic) bond motifs is 1. The molecule has 2 aromatic carbocycles. The van der Waals surface area contributed by atoms with E-state index in [9.17, 15) is 4.79 Å². The number of rotatable bonds is 6. The summed E-state index contributed by atoms with van der Waals surface area (Å²) < 4.78 is 0. The van der Waals surface area contributed by atoms with Crippen molar-refractivity contribution in [2.24, 2.45) is 5.92 Å². The van der Waals surface area contributed by atoms with Crippen LogP contribution in [0.5, 0.6) is 0 Å². The van der Waals surface area contributed by atoms with E-state index in [0.717, 1.165) is 38.9 Å². The fourth-order valence-corrected chi connectivity index (χ4v) is 4.71. The molecular weight excluding hydrogens is 360 g/mol. The first-order valence-corrected chi connectivity index (χ1v) is 10.9. The summed E-state index contributed by atoms with van der Waals surface area (Å²) >= 11 is 0. The molecule has 2 saturated heterocycles. The predicted molar refractivity (Wildman–Crippen MR) is 115 cm³/mol. The zero-order valence-corrected chi connectivity index (χ0v) is 16.8. The molecule has 152 valence electrons. The Labute approximate surface area is 172 Å². The van der Waals surface area contributed by atoms with E-state index < -0.39 is 0 Å². The molecule has 0 bridgehead atoms. The molecule has 2 aliphatic heterocycles. The third kappa shape index (κ3) is 4.37. The molecule has 5 nitrogen and oxygen atoms in total. The molecule has 0 aromatic heterocycles. The number of amides is 1. The predicted octanol–water partition coefficient (Wildman–Crippen LogP) is 2.86. The van der Waals surface area contributed by atoms with Crippen molar-refractivity contribution in [1.82, 2.24) is 21.1 Å². The number of carbonyl (C=O) groups is 1. The van der Waals surface area contributed by atoms with Crippen molar-refractivity contribution in [1.29, 1.82) is 0 Å². The summed E-state index contributed by atoms with van der Waals surface area (Å²) in [6.45, 7) is 2.96. The van der Waals surface area contributed by atoms with Crippen LogP contribution in [0.4, 0.5) is 0 Å². The smallest absolute Gasteiger partial charge is 0.221 e. The lowest BCUT2D eigenvalue weighted by molar-refractivity contribution is -0.121. The van der Waals surface area contributed by atoms with Crippen molar-refractivity contribution in [2.75, 3.05) is 19.6 Å². The van der Waals surface area contributed by atoms with E-state index in [2.05, 4.69) is 75.7 Å². The highest BCUT2D eigenvalue weighted by Crippen LogP contribution is 2.34. The minimum atomic E-state index is 0.213. The molecule has 3 fully saturated rings. The molecule has 0 spiro atoms. The van der Waals surface area contributed by atoms with Gasteiger partial charge in [0.2, 0.25) is 5.91 Å². The summed E-state index contributed by atoms with van der Waals surface area (Å²) in [6, 6.07) is 20.8. The highest BCUT2D eigenvalue weighted by atomic mass is 16.1. The number of hydrogen-bond donors (Lipinski definition) is 3. The number of piperidine rings is 1. The molecule has 1 aliphatic carbocycles. The average Bonchev–Trinajstić information content (AvgIpc) is 3.48. The van der Waals surface area contributed by atoms with E-state index in [0.29, 0.717) is 30.5 Å². The molecule has 29 heavy (non-hydrogen) atoms. The van der Waals surface area contributed by atoms with E-state index in [1.807, 2.05) is 0 Å². The van der Waals surface area contributed by atoms with Crippen LogP contribution in [-0.4, -0.2) is 42.5 Å². The van der Waals surface area contributed by atoms with Crippen LogP contribution in [0.15, 0.2) is 54.6 Å². The van der Waals surface area contributed by atoms with Crippen molar-refractivity contribution in [3.8, 4) is 11.1 Å². The lowest BCUT2D eigenvalue weighted by Crippen LogP contribution is -2.46. The van der Waals surface area contributed by atoms with Gasteiger partial charge >= 0.3 is 0 Å². The molecule has 1 amide bonds. The number of nitrogens with zero attached hydrogens (tertiary/aromatic N) is 1.